The first-order valence-electron chi connectivity index (χ1n) is 7.65. The first kappa shape index (κ1) is 17.6. The number of carbonyl (C=O) groups is 1. The summed E-state index contributed by atoms with van der Waals surface area (Å²) in [6.07, 6.45) is -1.12. The Morgan fingerprint density at radius 3 is 2.70 bits per heavy atom. The molecule has 1 fully saturated rings. The van der Waals surface area contributed by atoms with Gasteiger partial charge in [-0.1, -0.05) is 24.6 Å². The molecule has 1 aliphatic rings. The maximum atomic E-state index is 12.2. The molecule has 0 spiro atoms. The van der Waals surface area contributed by atoms with E-state index in [-0.39, 0.29) is 30.2 Å². The molecule has 1 aromatic rings. The van der Waals surface area contributed by atoms with E-state index in [1.807, 2.05) is 0 Å². The standard InChI is InChI=1S/C16H21F3N2O2/c17-16(18,19)10-23-14-7-2-1-4-12(14)9-21-15(22)8-11-5-3-6-13(11)20/h1-2,4,7,11,13H,3,5-6,8-10,20H2,(H,21,22)/t11-,13+/m0/s1. The normalized spacial score (nSPS) is 21.2. The van der Waals surface area contributed by atoms with Crippen LogP contribution in [0.25, 0.3) is 0 Å². The molecule has 2 atom stereocenters. The van der Waals surface area contributed by atoms with Crippen molar-refractivity contribution in [1.82, 2.24) is 5.32 Å². The zero-order valence-electron chi connectivity index (χ0n) is 12.7. The highest BCUT2D eigenvalue weighted by Crippen LogP contribution is 2.27. The summed E-state index contributed by atoms with van der Waals surface area (Å²) in [6, 6.07) is 6.43. The third kappa shape index (κ3) is 5.74. The molecule has 0 radical (unpaired) electrons. The molecular formula is C16H21F3N2O2. The minimum atomic E-state index is -4.39. The number of halogens is 3. The van der Waals surface area contributed by atoms with Crippen LogP contribution < -0.4 is 15.8 Å². The maximum Gasteiger partial charge on any atom is 0.422 e. The molecule has 0 unspecified atom stereocenters. The number of rotatable bonds is 6. The van der Waals surface area contributed by atoms with Gasteiger partial charge < -0.3 is 15.8 Å². The number of hydrogen-bond acceptors (Lipinski definition) is 3. The van der Waals surface area contributed by atoms with Crippen LogP contribution in [0.1, 0.15) is 31.2 Å². The molecule has 0 aromatic heterocycles. The summed E-state index contributed by atoms with van der Waals surface area (Å²) in [6.45, 7) is -1.22. The lowest BCUT2D eigenvalue weighted by molar-refractivity contribution is -0.153. The van der Waals surface area contributed by atoms with Crippen molar-refractivity contribution in [3.8, 4) is 5.75 Å². The third-order valence-electron chi connectivity index (χ3n) is 4.01. The van der Waals surface area contributed by atoms with Crippen molar-refractivity contribution in [2.45, 2.75) is 44.4 Å². The third-order valence-corrected chi connectivity index (χ3v) is 4.01. The van der Waals surface area contributed by atoms with Crippen molar-refractivity contribution in [2.75, 3.05) is 6.61 Å². The number of carbonyl (C=O) groups excluding carboxylic acids is 1. The van der Waals surface area contributed by atoms with Gasteiger partial charge in [0.25, 0.3) is 0 Å². The second-order valence-electron chi connectivity index (χ2n) is 5.85. The van der Waals surface area contributed by atoms with Crippen LogP contribution in [0.15, 0.2) is 24.3 Å². The van der Waals surface area contributed by atoms with Gasteiger partial charge in [-0.25, -0.2) is 0 Å². The minimum absolute atomic E-state index is 0.0585. The molecule has 3 N–H and O–H groups in total. The molecule has 1 saturated carbocycles. The number of amides is 1. The predicted molar refractivity (Wildman–Crippen MR) is 79.8 cm³/mol. The first-order chi connectivity index (χ1) is 10.8. The van der Waals surface area contributed by atoms with Crippen LogP contribution in [0.2, 0.25) is 0 Å². The lowest BCUT2D eigenvalue weighted by atomic mass is 10.00. The van der Waals surface area contributed by atoms with Gasteiger partial charge >= 0.3 is 6.18 Å². The number of para-hydroxylation sites is 1. The lowest BCUT2D eigenvalue weighted by Crippen LogP contribution is -2.31. The van der Waals surface area contributed by atoms with Crippen molar-refractivity contribution in [1.29, 1.82) is 0 Å². The summed E-state index contributed by atoms with van der Waals surface area (Å²) >= 11 is 0. The van der Waals surface area contributed by atoms with E-state index in [2.05, 4.69) is 5.32 Å². The van der Waals surface area contributed by atoms with Crippen molar-refractivity contribution in [3.05, 3.63) is 29.8 Å². The zero-order chi connectivity index (χ0) is 16.9. The number of hydrogen-bond donors (Lipinski definition) is 2. The van der Waals surface area contributed by atoms with Gasteiger partial charge in [-0.2, -0.15) is 13.2 Å². The molecule has 4 nitrogen and oxygen atoms in total. The maximum absolute atomic E-state index is 12.2. The molecule has 1 amide bonds. The van der Waals surface area contributed by atoms with E-state index in [1.54, 1.807) is 18.2 Å². The van der Waals surface area contributed by atoms with E-state index in [0.29, 0.717) is 12.0 Å². The topological polar surface area (TPSA) is 64.4 Å². The van der Waals surface area contributed by atoms with Gasteiger partial charge in [0.05, 0.1) is 0 Å². The van der Waals surface area contributed by atoms with Gasteiger partial charge in [0, 0.05) is 24.6 Å². The van der Waals surface area contributed by atoms with Crippen LogP contribution in [0.4, 0.5) is 13.2 Å². The van der Waals surface area contributed by atoms with E-state index in [1.165, 1.54) is 6.07 Å². The van der Waals surface area contributed by atoms with Crippen molar-refractivity contribution in [2.24, 2.45) is 11.7 Å². The minimum Gasteiger partial charge on any atom is -0.484 e. The molecule has 1 aliphatic carbocycles. The summed E-state index contributed by atoms with van der Waals surface area (Å²) in [5.41, 5.74) is 6.45. The highest BCUT2D eigenvalue weighted by atomic mass is 19.4. The van der Waals surface area contributed by atoms with Crippen LogP contribution >= 0.6 is 0 Å². The quantitative estimate of drug-likeness (QED) is 0.843. The second kappa shape index (κ2) is 7.68. The highest BCUT2D eigenvalue weighted by molar-refractivity contribution is 5.76. The molecule has 7 heteroatoms. The molecule has 0 heterocycles. The molecule has 0 bridgehead atoms. The fourth-order valence-corrected chi connectivity index (χ4v) is 2.77. The zero-order valence-corrected chi connectivity index (χ0v) is 12.7. The first-order valence-corrected chi connectivity index (χ1v) is 7.65. The largest absolute Gasteiger partial charge is 0.484 e. The Hall–Kier alpha value is -1.76. The van der Waals surface area contributed by atoms with E-state index in [0.717, 1.165) is 19.3 Å². The van der Waals surface area contributed by atoms with Crippen molar-refractivity contribution >= 4 is 5.91 Å². The van der Waals surface area contributed by atoms with Crippen LogP contribution in [0.5, 0.6) is 5.75 Å². The Morgan fingerprint density at radius 2 is 2.04 bits per heavy atom. The van der Waals surface area contributed by atoms with E-state index in [4.69, 9.17) is 10.5 Å². The van der Waals surface area contributed by atoms with Crippen LogP contribution in [-0.2, 0) is 11.3 Å². The number of nitrogens with two attached hydrogens (primary N) is 1. The van der Waals surface area contributed by atoms with Crippen LogP contribution in [0.3, 0.4) is 0 Å². The molecule has 2 rings (SSSR count). The number of nitrogens with one attached hydrogen (secondary N) is 1. The van der Waals surface area contributed by atoms with Crippen LogP contribution in [0, 0.1) is 5.92 Å². The van der Waals surface area contributed by atoms with Gasteiger partial charge in [-0.05, 0) is 24.8 Å². The summed E-state index contributed by atoms with van der Waals surface area (Å²) in [5, 5.41) is 2.73. The van der Waals surface area contributed by atoms with Crippen molar-refractivity contribution in [3.63, 3.8) is 0 Å². The highest BCUT2D eigenvalue weighted by Gasteiger charge is 2.29. The Balaban J connectivity index is 1.86. The lowest BCUT2D eigenvalue weighted by Gasteiger charge is -2.16. The Bertz CT molecular complexity index is 534. The Kier molecular flexibility index (Phi) is 5.87. The Labute approximate surface area is 133 Å². The fourth-order valence-electron chi connectivity index (χ4n) is 2.77. The molecular weight excluding hydrogens is 309 g/mol. The van der Waals surface area contributed by atoms with Crippen molar-refractivity contribution < 1.29 is 22.7 Å². The average Bonchev–Trinajstić information content (AvgIpc) is 2.88. The molecule has 23 heavy (non-hydrogen) atoms. The number of alkyl halides is 3. The van der Waals surface area contributed by atoms with Gasteiger partial charge in [0.2, 0.25) is 5.91 Å². The van der Waals surface area contributed by atoms with Gasteiger partial charge in [-0.3, -0.25) is 4.79 Å². The van der Waals surface area contributed by atoms with Gasteiger partial charge in [-0.15, -0.1) is 0 Å². The Morgan fingerprint density at radius 1 is 1.30 bits per heavy atom. The second-order valence-corrected chi connectivity index (χ2v) is 5.85. The molecule has 128 valence electrons. The predicted octanol–water partition coefficient (Wildman–Crippen LogP) is 2.76. The SMILES string of the molecule is N[C@@H]1CCC[C@H]1CC(=O)NCc1ccccc1OCC(F)(F)F. The smallest absolute Gasteiger partial charge is 0.422 e. The summed E-state index contributed by atoms with van der Waals surface area (Å²) in [7, 11) is 0. The summed E-state index contributed by atoms with van der Waals surface area (Å²) < 4.78 is 41.5. The van der Waals surface area contributed by atoms with E-state index in [9.17, 15) is 18.0 Å². The molecule has 0 saturated heterocycles. The number of ether oxygens (including phenoxy) is 1. The summed E-state index contributed by atoms with van der Waals surface area (Å²) in [4.78, 5) is 12.0. The number of benzene rings is 1. The molecule has 0 aliphatic heterocycles. The van der Waals surface area contributed by atoms with Gasteiger partial charge in [0.1, 0.15) is 5.75 Å². The van der Waals surface area contributed by atoms with E-state index >= 15 is 0 Å². The average molecular weight is 330 g/mol. The van der Waals surface area contributed by atoms with Gasteiger partial charge in [0.15, 0.2) is 6.61 Å². The molecule has 1 aromatic carbocycles. The van der Waals surface area contributed by atoms with E-state index < -0.39 is 12.8 Å². The van der Waals surface area contributed by atoms with Crippen LogP contribution in [-0.4, -0.2) is 24.7 Å². The fraction of sp³-hybridized carbons (Fsp3) is 0.562. The summed E-state index contributed by atoms with van der Waals surface area (Å²) in [5.74, 6) is 0.174. The monoisotopic (exact) mass is 330 g/mol.